The zero-order valence-corrected chi connectivity index (χ0v) is 15.3. The lowest BCUT2D eigenvalue weighted by atomic mass is 9.70. The zero-order chi connectivity index (χ0) is 18.4. The Kier molecular flexibility index (Phi) is 6.82. The van der Waals surface area contributed by atoms with Gasteiger partial charge < -0.3 is 10.5 Å². The lowest BCUT2D eigenvalue weighted by Gasteiger charge is -2.36. The number of amides is 1. The Labute approximate surface area is 152 Å². The number of carbonyl (C=O) groups excluding carboxylic acids is 2. The fourth-order valence-electron chi connectivity index (χ4n) is 3.43. The molecule has 1 aliphatic heterocycles. The number of nitrogens with two attached hydrogens (primary N) is 1. The van der Waals surface area contributed by atoms with Crippen LogP contribution < -0.4 is 5.73 Å². The SMILES string of the molecule is CCOC(=O)C1C(C)=NC(SCC(N)=O)=C(C#N)[C@@H]1[C@H]1CC=CCC1. The van der Waals surface area contributed by atoms with E-state index >= 15 is 0 Å². The minimum absolute atomic E-state index is 0.0542. The van der Waals surface area contributed by atoms with Crippen LogP contribution in [0.3, 0.4) is 0 Å². The summed E-state index contributed by atoms with van der Waals surface area (Å²) in [5.41, 5.74) is 6.32. The number of hydrogen-bond acceptors (Lipinski definition) is 6. The maximum absolute atomic E-state index is 12.6. The molecule has 0 aromatic rings. The van der Waals surface area contributed by atoms with Gasteiger partial charge in [0.25, 0.3) is 0 Å². The fraction of sp³-hybridized carbons (Fsp3) is 0.556. The van der Waals surface area contributed by atoms with E-state index in [0.29, 0.717) is 16.3 Å². The predicted octanol–water partition coefficient (Wildman–Crippen LogP) is 2.57. The number of carbonyl (C=O) groups is 2. The summed E-state index contributed by atoms with van der Waals surface area (Å²) < 4.78 is 5.25. The largest absolute Gasteiger partial charge is 0.465 e. The molecular formula is C18H23N3O3S. The van der Waals surface area contributed by atoms with Crippen LogP contribution in [-0.4, -0.2) is 29.9 Å². The molecule has 2 aliphatic rings. The summed E-state index contributed by atoms with van der Waals surface area (Å²) in [6, 6.07) is 2.24. The van der Waals surface area contributed by atoms with Crippen LogP contribution in [0.1, 0.15) is 33.1 Å². The number of nitriles is 1. The Morgan fingerprint density at radius 3 is 2.80 bits per heavy atom. The Morgan fingerprint density at radius 2 is 2.24 bits per heavy atom. The van der Waals surface area contributed by atoms with E-state index in [1.807, 2.05) is 0 Å². The molecule has 25 heavy (non-hydrogen) atoms. The van der Waals surface area contributed by atoms with Crippen molar-refractivity contribution in [1.82, 2.24) is 0 Å². The summed E-state index contributed by atoms with van der Waals surface area (Å²) in [5.74, 6) is -1.41. The summed E-state index contributed by atoms with van der Waals surface area (Å²) in [7, 11) is 0. The topological polar surface area (TPSA) is 106 Å². The summed E-state index contributed by atoms with van der Waals surface area (Å²) in [4.78, 5) is 28.1. The van der Waals surface area contributed by atoms with Gasteiger partial charge in [0.2, 0.25) is 5.91 Å². The van der Waals surface area contributed by atoms with Crippen LogP contribution in [0.15, 0.2) is 27.7 Å². The van der Waals surface area contributed by atoms with Crippen molar-refractivity contribution in [3.05, 3.63) is 22.8 Å². The highest BCUT2D eigenvalue weighted by molar-refractivity contribution is 8.03. The molecule has 6 nitrogen and oxygen atoms in total. The van der Waals surface area contributed by atoms with Crippen LogP contribution in [-0.2, 0) is 14.3 Å². The smallest absolute Gasteiger partial charge is 0.315 e. The van der Waals surface area contributed by atoms with E-state index in [2.05, 4.69) is 23.2 Å². The second-order valence-corrected chi connectivity index (χ2v) is 7.10. The van der Waals surface area contributed by atoms with Crippen molar-refractivity contribution in [1.29, 1.82) is 5.26 Å². The van der Waals surface area contributed by atoms with Gasteiger partial charge in [-0.25, -0.2) is 4.99 Å². The molecular weight excluding hydrogens is 338 g/mol. The predicted molar refractivity (Wildman–Crippen MR) is 97.5 cm³/mol. The number of allylic oxidation sites excluding steroid dienone is 3. The average molecular weight is 361 g/mol. The average Bonchev–Trinajstić information content (AvgIpc) is 2.60. The Morgan fingerprint density at radius 1 is 1.48 bits per heavy atom. The summed E-state index contributed by atoms with van der Waals surface area (Å²) in [6.07, 6.45) is 6.87. The van der Waals surface area contributed by atoms with Gasteiger partial charge in [0.05, 0.1) is 24.0 Å². The molecule has 0 radical (unpaired) electrons. The Bertz CT molecular complexity index is 676. The molecule has 2 N–H and O–H groups in total. The lowest BCUT2D eigenvalue weighted by molar-refractivity contribution is -0.147. The highest BCUT2D eigenvalue weighted by Crippen LogP contribution is 2.43. The summed E-state index contributed by atoms with van der Waals surface area (Å²) >= 11 is 1.16. The van der Waals surface area contributed by atoms with Crippen LogP contribution in [0.4, 0.5) is 0 Å². The van der Waals surface area contributed by atoms with E-state index in [-0.39, 0.29) is 30.2 Å². The standard InChI is InChI=1S/C18H23N3O3S/c1-3-24-18(23)15-11(2)21-17(25-10-14(20)22)13(9-19)16(15)12-7-5-4-6-8-12/h4-5,12,15-16H,3,6-8,10H2,1-2H3,(H2,20,22)/t12-,15?,16-/m0/s1. The molecule has 3 atom stereocenters. The third kappa shape index (κ3) is 4.51. The number of esters is 1. The van der Waals surface area contributed by atoms with Crippen LogP contribution in [0.25, 0.3) is 0 Å². The molecule has 1 unspecified atom stereocenters. The molecule has 1 aliphatic carbocycles. The molecule has 0 saturated carbocycles. The van der Waals surface area contributed by atoms with Crippen molar-refractivity contribution in [2.75, 3.05) is 12.4 Å². The van der Waals surface area contributed by atoms with Crippen molar-refractivity contribution in [3.8, 4) is 6.07 Å². The highest BCUT2D eigenvalue weighted by Gasteiger charge is 2.43. The van der Waals surface area contributed by atoms with Crippen LogP contribution in [0.5, 0.6) is 0 Å². The molecule has 1 amide bonds. The number of hydrogen-bond donors (Lipinski definition) is 1. The molecule has 1 heterocycles. The van der Waals surface area contributed by atoms with Gasteiger partial charge in [0.1, 0.15) is 10.9 Å². The molecule has 7 heteroatoms. The zero-order valence-electron chi connectivity index (χ0n) is 14.5. The van der Waals surface area contributed by atoms with Crippen molar-refractivity contribution >= 4 is 29.4 Å². The van der Waals surface area contributed by atoms with E-state index < -0.39 is 11.8 Å². The van der Waals surface area contributed by atoms with Gasteiger partial charge in [-0.2, -0.15) is 5.26 Å². The minimum atomic E-state index is -0.552. The molecule has 0 bridgehead atoms. The highest BCUT2D eigenvalue weighted by atomic mass is 32.2. The first-order valence-corrected chi connectivity index (χ1v) is 9.40. The van der Waals surface area contributed by atoms with Gasteiger partial charge in [-0.3, -0.25) is 9.59 Å². The normalized spacial score (nSPS) is 26.0. The van der Waals surface area contributed by atoms with Gasteiger partial charge in [0, 0.05) is 11.6 Å². The molecule has 0 aromatic carbocycles. The fourth-order valence-corrected chi connectivity index (χ4v) is 4.26. The Hall–Kier alpha value is -2.07. The first-order chi connectivity index (χ1) is 12.0. The third-order valence-corrected chi connectivity index (χ3v) is 5.49. The molecule has 0 aromatic heterocycles. The van der Waals surface area contributed by atoms with E-state index in [0.717, 1.165) is 31.0 Å². The quantitative estimate of drug-likeness (QED) is 0.578. The summed E-state index contributed by atoms with van der Waals surface area (Å²) in [6.45, 7) is 3.84. The van der Waals surface area contributed by atoms with E-state index in [4.69, 9.17) is 10.5 Å². The molecule has 2 rings (SSSR count). The van der Waals surface area contributed by atoms with Crippen molar-refractivity contribution in [2.24, 2.45) is 28.5 Å². The van der Waals surface area contributed by atoms with Crippen LogP contribution >= 0.6 is 11.8 Å². The van der Waals surface area contributed by atoms with Crippen molar-refractivity contribution in [2.45, 2.75) is 33.1 Å². The van der Waals surface area contributed by atoms with Gasteiger partial charge >= 0.3 is 5.97 Å². The third-order valence-electron chi connectivity index (χ3n) is 4.48. The minimum Gasteiger partial charge on any atom is -0.465 e. The number of thioether (sulfide) groups is 1. The van der Waals surface area contributed by atoms with Gasteiger partial charge in [0.15, 0.2) is 0 Å². The van der Waals surface area contributed by atoms with Crippen molar-refractivity contribution < 1.29 is 14.3 Å². The summed E-state index contributed by atoms with van der Waals surface area (Å²) in [5, 5.41) is 10.3. The number of ether oxygens (including phenoxy) is 1. The van der Waals surface area contributed by atoms with Crippen molar-refractivity contribution in [3.63, 3.8) is 0 Å². The first kappa shape index (κ1) is 19.3. The second-order valence-electron chi connectivity index (χ2n) is 6.14. The molecule has 0 fully saturated rings. The molecule has 134 valence electrons. The first-order valence-electron chi connectivity index (χ1n) is 8.41. The van der Waals surface area contributed by atoms with Gasteiger partial charge in [-0.05, 0) is 39.0 Å². The van der Waals surface area contributed by atoms with Gasteiger partial charge in [-0.1, -0.05) is 23.9 Å². The number of nitrogens with zero attached hydrogens (tertiary/aromatic N) is 2. The maximum atomic E-state index is 12.6. The molecule has 0 saturated heterocycles. The number of aliphatic imine (C=N–C) groups is 1. The number of primary amides is 1. The van der Waals surface area contributed by atoms with Crippen LogP contribution in [0, 0.1) is 29.1 Å². The van der Waals surface area contributed by atoms with E-state index in [9.17, 15) is 14.9 Å². The van der Waals surface area contributed by atoms with Gasteiger partial charge in [-0.15, -0.1) is 0 Å². The second kappa shape index (κ2) is 8.86. The Balaban J connectivity index is 2.44. The monoisotopic (exact) mass is 361 g/mol. The number of rotatable bonds is 6. The molecule has 0 spiro atoms. The lowest BCUT2D eigenvalue weighted by Crippen LogP contribution is -2.39. The van der Waals surface area contributed by atoms with E-state index in [1.54, 1.807) is 13.8 Å². The van der Waals surface area contributed by atoms with E-state index in [1.165, 1.54) is 0 Å². The maximum Gasteiger partial charge on any atom is 0.315 e. The van der Waals surface area contributed by atoms with Crippen LogP contribution in [0.2, 0.25) is 0 Å².